The molecular formula is C20H23FN4O5S. The van der Waals surface area contributed by atoms with Crippen LogP contribution < -0.4 is 16.4 Å². The van der Waals surface area contributed by atoms with Crippen LogP contribution in [0.1, 0.15) is 32.5 Å². The zero-order valence-electron chi connectivity index (χ0n) is 17.3. The number of thiophene rings is 1. The minimum Gasteiger partial charge on any atom is -0.462 e. The van der Waals surface area contributed by atoms with Crippen LogP contribution in [0.3, 0.4) is 0 Å². The summed E-state index contributed by atoms with van der Waals surface area (Å²) in [7, 11) is 1.55. The summed E-state index contributed by atoms with van der Waals surface area (Å²) in [6.07, 6.45) is 0. The lowest BCUT2D eigenvalue weighted by atomic mass is 10.1. The number of hydrogen-bond acceptors (Lipinski definition) is 7. The number of rotatable bonds is 9. The monoisotopic (exact) mass is 450 g/mol. The fraction of sp³-hybridized carbons (Fsp3) is 0.300. The van der Waals surface area contributed by atoms with E-state index in [2.05, 4.69) is 10.6 Å². The molecule has 0 unspecified atom stereocenters. The summed E-state index contributed by atoms with van der Waals surface area (Å²) in [5.41, 5.74) is 6.04. The molecule has 0 bridgehead atoms. The number of primary amides is 1. The van der Waals surface area contributed by atoms with Crippen molar-refractivity contribution in [2.75, 3.05) is 37.4 Å². The molecule has 1 aromatic heterocycles. The number of ether oxygens (including phenoxy) is 1. The molecule has 0 saturated heterocycles. The number of anilines is 2. The summed E-state index contributed by atoms with van der Waals surface area (Å²) >= 11 is 0.880. The molecule has 1 heterocycles. The third-order valence-corrected chi connectivity index (χ3v) is 5.26. The lowest BCUT2D eigenvalue weighted by Gasteiger charge is -2.16. The highest BCUT2D eigenvalue weighted by molar-refractivity contribution is 7.18. The third-order valence-electron chi connectivity index (χ3n) is 4.04. The molecular weight excluding hydrogens is 427 g/mol. The Balaban J connectivity index is 2.02. The van der Waals surface area contributed by atoms with Crippen LogP contribution in [-0.4, -0.2) is 55.3 Å². The number of carbonyl (C=O) groups excluding carboxylic acids is 4. The molecule has 0 saturated carbocycles. The van der Waals surface area contributed by atoms with Crippen LogP contribution in [0.15, 0.2) is 24.3 Å². The summed E-state index contributed by atoms with van der Waals surface area (Å²) in [4.78, 5) is 50.0. The Hall–Kier alpha value is -3.31. The van der Waals surface area contributed by atoms with Crippen molar-refractivity contribution in [1.82, 2.24) is 4.90 Å². The van der Waals surface area contributed by atoms with E-state index in [1.807, 2.05) is 0 Å². The summed E-state index contributed by atoms with van der Waals surface area (Å²) < 4.78 is 18.2. The third kappa shape index (κ3) is 6.59. The van der Waals surface area contributed by atoms with Gasteiger partial charge in [0.15, 0.2) is 0 Å². The maximum atomic E-state index is 13.2. The second kappa shape index (κ2) is 10.6. The molecule has 0 atom stereocenters. The Kier molecular flexibility index (Phi) is 8.22. The number of nitrogens with zero attached hydrogens (tertiary/aromatic N) is 1. The summed E-state index contributed by atoms with van der Waals surface area (Å²) in [6, 6.07) is 5.44. The van der Waals surface area contributed by atoms with Crippen molar-refractivity contribution in [2.24, 2.45) is 5.73 Å². The van der Waals surface area contributed by atoms with Gasteiger partial charge >= 0.3 is 5.97 Å². The van der Waals surface area contributed by atoms with Gasteiger partial charge in [-0.1, -0.05) is 6.07 Å². The van der Waals surface area contributed by atoms with Crippen LogP contribution in [0.25, 0.3) is 0 Å². The van der Waals surface area contributed by atoms with E-state index in [1.54, 1.807) is 27.0 Å². The highest BCUT2D eigenvalue weighted by Crippen LogP contribution is 2.33. The number of esters is 1. The number of amides is 3. The maximum absolute atomic E-state index is 13.2. The fourth-order valence-electron chi connectivity index (χ4n) is 2.76. The van der Waals surface area contributed by atoms with Crippen molar-refractivity contribution >= 4 is 45.7 Å². The van der Waals surface area contributed by atoms with E-state index in [1.165, 1.54) is 23.1 Å². The Morgan fingerprint density at radius 2 is 1.81 bits per heavy atom. The maximum Gasteiger partial charge on any atom is 0.341 e. The zero-order valence-corrected chi connectivity index (χ0v) is 18.1. The Morgan fingerprint density at radius 1 is 1.16 bits per heavy atom. The minimum absolute atomic E-state index is 0.0699. The van der Waals surface area contributed by atoms with Gasteiger partial charge in [0.2, 0.25) is 11.8 Å². The quantitative estimate of drug-likeness (QED) is 0.501. The summed E-state index contributed by atoms with van der Waals surface area (Å²) in [5.74, 6) is -2.83. The molecule has 3 amide bonds. The van der Waals surface area contributed by atoms with Crippen LogP contribution in [0.4, 0.5) is 15.1 Å². The first kappa shape index (κ1) is 24.0. The first-order valence-electron chi connectivity index (χ1n) is 9.26. The predicted molar refractivity (Wildman–Crippen MR) is 115 cm³/mol. The lowest BCUT2D eigenvalue weighted by Crippen LogP contribution is -2.36. The highest BCUT2D eigenvalue weighted by atomic mass is 32.1. The van der Waals surface area contributed by atoms with E-state index in [9.17, 15) is 23.6 Å². The van der Waals surface area contributed by atoms with E-state index in [4.69, 9.17) is 10.5 Å². The predicted octanol–water partition coefficient (Wildman–Crippen LogP) is 1.98. The van der Waals surface area contributed by atoms with Gasteiger partial charge in [0, 0.05) is 5.69 Å². The average Bonchev–Trinajstić information content (AvgIpc) is 2.97. The molecule has 0 fully saturated rings. The van der Waals surface area contributed by atoms with E-state index in [0.29, 0.717) is 11.3 Å². The Morgan fingerprint density at radius 3 is 2.39 bits per heavy atom. The fourth-order valence-corrected chi connectivity index (χ4v) is 3.83. The van der Waals surface area contributed by atoms with Gasteiger partial charge in [-0.2, -0.15) is 0 Å². The van der Waals surface area contributed by atoms with Gasteiger partial charge in [-0.15, -0.1) is 11.3 Å². The molecule has 0 radical (unpaired) electrons. The van der Waals surface area contributed by atoms with Crippen LogP contribution >= 0.6 is 11.3 Å². The van der Waals surface area contributed by atoms with Crippen molar-refractivity contribution in [3.8, 4) is 0 Å². The molecule has 0 aliphatic rings. The zero-order chi connectivity index (χ0) is 23.1. The number of benzene rings is 1. The first-order chi connectivity index (χ1) is 14.6. The number of likely N-dealkylation sites (N-methyl/N-ethyl adjacent to an activating group) is 1. The summed E-state index contributed by atoms with van der Waals surface area (Å²) in [5, 5.41) is 5.26. The average molecular weight is 450 g/mol. The lowest BCUT2D eigenvalue weighted by molar-refractivity contribution is -0.119. The van der Waals surface area contributed by atoms with Crippen LogP contribution in [-0.2, 0) is 14.3 Å². The summed E-state index contributed by atoms with van der Waals surface area (Å²) in [6.45, 7) is 2.99. The van der Waals surface area contributed by atoms with Gasteiger partial charge < -0.3 is 21.1 Å². The van der Waals surface area contributed by atoms with Gasteiger partial charge in [-0.05, 0) is 44.7 Å². The SMILES string of the molecule is CCOC(=O)c1c(NC(=O)CN(C)CC(=O)Nc2cccc(F)c2)sc(C(N)=O)c1C. The molecule has 31 heavy (non-hydrogen) atoms. The smallest absolute Gasteiger partial charge is 0.341 e. The van der Waals surface area contributed by atoms with E-state index < -0.39 is 29.5 Å². The molecule has 9 nitrogen and oxygen atoms in total. The molecule has 11 heteroatoms. The van der Waals surface area contributed by atoms with Crippen LogP contribution in [0.5, 0.6) is 0 Å². The van der Waals surface area contributed by atoms with Crippen LogP contribution in [0.2, 0.25) is 0 Å². The Labute approximate surface area is 182 Å². The molecule has 166 valence electrons. The Bertz CT molecular complexity index is 1010. The van der Waals surface area contributed by atoms with Crippen molar-refractivity contribution < 1.29 is 28.3 Å². The second-order valence-electron chi connectivity index (χ2n) is 6.62. The second-order valence-corrected chi connectivity index (χ2v) is 7.64. The van der Waals surface area contributed by atoms with Crippen LogP contribution in [0, 0.1) is 12.7 Å². The number of carbonyl (C=O) groups is 4. The standard InChI is InChI=1S/C20H23FN4O5S/c1-4-30-20(29)16-11(2)17(18(22)28)31-19(16)24-15(27)10-25(3)9-14(26)23-13-7-5-6-12(21)8-13/h5-8H,4,9-10H2,1-3H3,(H2,22,28)(H,23,26)(H,24,27). The van der Waals surface area contributed by atoms with Crippen molar-refractivity contribution in [1.29, 1.82) is 0 Å². The molecule has 0 spiro atoms. The minimum atomic E-state index is -0.723. The van der Waals surface area contributed by atoms with E-state index >= 15 is 0 Å². The molecule has 0 aliphatic carbocycles. The van der Waals surface area contributed by atoms with Gasteiger partial charge in [-0.25, -0.2) is 9.18 Å². The normalized spacial score (nSPS) is 10.6. The molecule has 0 aliphatic heterocycles. The van der Waals surface area contributed by atoms with Gasteiger partial charge in [0.25, 0.3) is 5.91 Å². The molecule has 2 rings (SSSR count). The topological polar surface area (TPSA) is 131 Å². The van der Waals surface area contributed by atoms with Gasteiger partial charge in [0.1, 0.15) is 10.8 Å². The number of halogens is 1. The van der Waals surface area contributed by atoms with Crippen molar-refractivity contribution in [2.45, 2.75) is 13.8 Å². The van der Waals surface area contributed by atoms with Gasteiger partial charge in [0.05, 0.1) is 30.1 Å². The molecule has 1 aromatic carbocycles. The van der Waals surface area contributed by atoms with Gasteiger partial charge in [-0.3, -0.25) is 19.3 Å². The van der Waals surface area contributed by atoms with Crippen molar-refractivity contribution in [3.63, 3.8) is 0 Å². The molecule has 4 N–H and O–H groups in total. The van der Waals surface area contributed by atoms with Crippen molar-refractivity contribution in [3.05, 3.63) is 46.1 Å². The largest absolute Gasteiger partial charge is 0.462 e. The highest BCUT2D eigenvalue weighted by Gasteiger charge is 2.26. The number of nitrogens with two attached hydrogens (primary N) is 1. The number of nitrogens with one attached hydrogen (secondary N) is 2. The first-order valence-corrected chi connectivity index (χ1v) is 10.1. The number of hydrogen-bond donors (Lipinski definition) is 3. The molecule has 2 aromatic rings. The van der Waals surface area contributed by atoms with E-state index in [0.717, 1.165) is 11.3 Å². The van der Waals surface area contributed by atoms with E-state index in [-0.39, 0.29) is 35.1 Å².